The Morgan fingerprint density at radius 3 is 2.82 bits per heavy atom. The van der Waals surface area contributed by atoms with Gasteiger partial charge in [0.25, 0.3) is 0 Å². The van der Waals surface area contributed by atoms with Gasteiger partial charge in [-0.1, -0.05) is 44.4 Å². The molecule has 17 heavy (non-hydrogen) atoms. The highest BCUT2D eigenvalue weighted by Crippen LogP contribution is 2.20. The van der Waals surface area contributed by atoms with Crippen molar-refractivity contribution in [3.63, 3.8) is 0 Å². The van der Waals surface area contributed by atoms with Gasteiger partial charge in [-0.15, -0.1) is 0 Å². The Balaban J connectivity index is 1.98. The van der Waals surface area contributed by atoms with Gasteiger partial charge in [0.15, 0.2) is 0 Å². The number of benzene rings is 1. The van der Waals surface area contributed by atoms with E-state index in [1.165, 1.54) is 36.8 Å². The maximum Gasteiger partial charge on any atom is 0.0722 e. The Labute approximate surface area is 103 Å². The maximum atomic E-state index is 4.36. The van der Waals surface area contributed by atoms with Gasteiger partial charge in [0.05, 0.1) is 5.52 Å². The average Bonchev–Trinajstić information content (AvgIpc) is 2.39. The molecule has 0 unspecified atom stereocenters. The molecule has 2 heteroatoms. The first-order valence-electron chi connectivity index (χ1n) is 6.49. The Kier molecular flexibility index (Phi) is 4.37. The van der Waals surface area contributed by atoms with Crippen LogP contribution in [0.4, 0.5) is 5.69 Å². The van der Waals surface area contributed by atoms with E-state index in [-0.39, 0.29) is 0 Å². The first-order chi connectivity index (χ1) is 8.42. The molecule has 2 aromatic rings. The van der Waals surface area contributed by atoms with E-state index in [2.05, 4.69) is 41.5 Å². The van der Waals surface area contributed by atoms with Crippen LogP contribution in [0.15, 0.2) is 36.5 Å². The molecule has 0 bridgehead atoms. The second-order valence-corrected chi connectivity index (χ2v) is 4.36. The fourth-order valence-electron chi connectivity index (χ4n) is 2.02. The molecule has 0 saturated heterocycles. The number of pyridine rings is 1. The number of para-hydroxylation sites is 1. The lowest BCUT2D eigenvalue weighted by molar-refractivity contribution is 0.685. The lowest BCUT2D eigenvalue weighted by Gasteiger charge is -2.08. The van der Waals surface area contributed by atoms with Crippen LogP contribution >= 0.6 is 0 Å². The van der Waals surface area contributed by atoms with Crippen LogP contribution < -0.4 is 5.32 Å². The Bertz CT molecular complexity index is 460. The van der Waals surface area contributed by atoms with E-state index in [0.717, 1.165) is 12.1 Å². The maximum absolute atomic E-state index is 4.36. The first kappa shape index (κ1) is 11.9. The predicted octanol–water partition coefficient (Wildman–Crippen LogP) is 4.23. The van der Waals surface area contributed by atoms with Crippen molar-refractivity contribution in [2.75, 3.05) is 11.9 Å². The van der Waals surface area contributed by atoms with Crippen LogP contribution in [0.3, 0.4) is 0 Å². The second-order valence-electron chi connectivity index (χ2n) is 4.36. The molecule has 0 amide bonds. The van der Waals surface area contributed by atoms with Crippen molar-refractivity contribution >= 4 is 16.6 Å². The zero-order valence-corrected chi connectivity index (χ0v) is 10.4. The Morgan fingerprint density at radius 1 is 1.06 bits per heavy atom. The number of aromatic nitrogens is 1. The van der Waals surface area contributed by atoms with Crippen molar-refractivity contribution < 1.29 is 0 Å². The monoisotopic (exact) mass is 228 g/mol. The molecule has 0 spiro atoms. The molecule has 1 N–H and O–H groups in total. The van der Waals surface area contributed by atoms with Gasteiger partial charge in [-0.3, -0.25) is 4.98 Å². The minimum absolute atomic E-state index is 1.05. The number of nitrogens with one attached hydrogen (secondary N) is 1. The highest BCUT2D eigenvalue weighted by Gasteiger charge is 1.99. The lowest BCUT2D eigenvalue weighted by atomic mass is 10.1. The number of unbranched alkanes of at least 4 members (excludes halogenated alkanes) is 3. The normalized spacial score (nSPS) is 10.6. The molecular weight excluding hydrogens is 208 g/mol. The van der Waals surface area contributed by atoms with Crippen molar-refractivity contribution in [1.82, 2.24) is 4.98 Å². The Hall–Kier alpha value is -1.57. The van der Waals surface area contributed by atoms with Crippen molar-refractivity contribution in [3.8, 4) is 0 Å². The highest BCUT2D eigenvalue weighted by molar-refractivity contribution is 5.90. The van der Waals surface area contributed by atoms with Gasteiger partial charge in [-0.05, 0) is 18.6 Å². The van der Waals surface area contributed by atoms with Gasteiger partial charge in [0.1, 0.15) is 0 Å². The van der Waals surface area contributed by atoms with Crippen molar-refractivity contribution in [2.45, 2.75) is 32.6 Å². The second kappa shape index (κ2) is 6.24. The van der Waals surface area contributed by atoms with Gasteiger partial charge in [0.2, 0.25) is 0 Å². The van der Waals surface area contributed by atoms with Crippen LogP contribution in [0.25, 0.3) is 10.9 Å². The van der Waals surface area contributed by atoms with Crippen LogP contribution in [-0.4, -0.2) is 11.5 Å². The van der Waals surface area contributed by atoms with E-state index in [1.807, 2.05) is 12.3 Å². The van der Waals surface area contributed by atoms with Crippen LogP contribution in [0.5, 0.6) is 0 Å². The summed E-state index contributed by atoms with van der Waals surface area (Å²) in [5.41, 5.74) is 2.26. The summed E-state index contributed by atoms with van der Waals surface area (Å²) in [6, 6.07) is 10.3. The third-order valence-electron chi connectivity index (χ3n) is 2.99. The summed E-state index contributed by atoms with van der Waals surface area (Å²) in [7, 11) is 0. The molecular formula is C15H20N2. The molecule has 1 aromatic heterocycles. The van der Waals surface area contributed by atoms with Gasteiger partial charge in [-0.2, -0.15) is 0 Å². The number of rotatable bonds is 6. The van der Waals surface area contributed by atoms with E-state index in [0.29, 0.717) is 0 Å². The molecule has 0 fully saturated rings. The SMILES string of the molecule is CCCCCCNc1ccnc2ccccc12. The first-order valence-corrected chi connectivity index (χ1v) is 6.49. The zero-order valence-electron chi connectivity index (χ0n) is 10.4. The number of nitrogens with zero attached hydrogens (tertiary/aromatic N) is 1. The van der Waals surface area contributed by atoms with Gasteiger partial charge < -0.3 is 5.32 Å². The fraction of sp³-hybridized carbons (Fsp3) is 0.400. The number of anilines is 1. The van der Waals surface area contributed by atoms with Crippen LogP contribution in [-0.2, 0) is 0 Å². The van der Waals surface area contributed by atoms with E-state index in [4.69, 9.17) is 0 Å². The van der Waals surface area contributed by atoms with Gasteiger partial charge >= 0.3 is 0 Å². The molecule has 2 rings (SSSR count). The molecule has 1 aromatic carbocycles. The summed E-state index contributed by atoms with van der Waals surface area (Å²) < 4.78 is 0. The predicted molar refractivity (Wildman–Crippen MR) is 74.4 cm³/mol. The molecule has 0 aliphatic carbocycles. The fourth-order valence-corrected chi connectivity index (χ4v) is 2.02. The molecule has 1 heterocycles. The topological polar surface area (TPSA) is 24.9 Å². The van der Waals surface area contributed by atoms with Gasteiger partial charge in [0, 0.05) is 23.8 Å². The van der Waals surface area contributed by atoms with Crippen molar-refractivity contribution in [1.29, 1.82) is 0 Å². The Morgan fingerprint density at radius 2 is 1.94 bits per heavy atom. The van der Waals surface area contributed by atoms with Crippen LogP contribution in [0.1, 0.15) is 32.6 Å². The average molecular weight is 228 g/mol. The molecule has 0 saturated carbocycles. The van der Waals surface area contributed by atoms with E-state index < -0.39 is 0 Å². The van der Waals surface area contributed by atoms with E-state index in [9.17, 15) is 0 Å². The highest BCUT2D eigenvalue weighted by atomic mass is 14.9. The van der Waals surface area contributed by atoms with Crippen molar-refractivity contribution in [3.05, 3.63) is 36.5 Å². The third kappa shape index (κ3) is 3.19. The quantitative estimate of drug-likeness (QED) is 0.748. The summed E-state index contributed by atoms with van der Waals surface area (Å²) in [6.07, 6.45) is 7.05. The van der Waals surface area contributed by atoms with Gasteiger partial charge in [-0.25, -0.2) is 0 Å². The third-order valence-corrected chi connectivity index (χ3v) is 2.99. The number of hydrogen-bond donors (Lipinski definition) is 1. The summed E-state index contributed by atoms with van der Waals surface area (Å²) in [4.78, 5) is 4.36. The number of hydrogen-bond acceptors (Lipinski definition) is 2. The minimum Gasteiger partial charge on any atom is -0.384 e. The smallest absolute Gasteiger partial charge is 0.0722 e. The molecule has 0 aliphatic rings. The summed E-state index contributed by atoms with van der Waals surface area (Å²) >= 11 is 0. The number of fused-ring (bicyclic) bond motifs is 1. The largest absolute Gasteiger partial charge is 0.384 e. The van der Waals surface area contributed by atoms with Crippen LogP contribution in [0, 0.1) is 0 Å². The van der Waals surface area contributed by atoms with E-state index in [1.54, 1.807) is 0 Å². The molecule has 0 aliphatic heterocycles. The molecule has 90 valence electrons. The van der Waals surface area contributed by atoms with Crippen molar-refractivity contribution in [2.24, 2.45) is 0 Å². The molecule has 0 atom stereocenters. The molecule has 2 nitrogen and oxygen atoms in total. The summed E-state index contributed by atoms with van der Waals surface area (Å²) in [6.45, 7) is 3.29. The van der Waals surface area contributed by atoms with E-state index >= 15 is 0 Å². The minimum atomic E-state index is 1.05. The summed E-state index contributed by atoms with van der Waals surface area (Å²) in [5.74, 6) is 0. The van der Waals surface area contributed by atoms with Crippen LogP contribution in [0.2, 0.25) is 0 Å². The standard InChI is InChI=1S/C15H20N2/c1-2-3-4-7-11-16-15-10-12-17-14-9-6-5-8-13(14)15/h5-6,8-10,12H,2-4,7,11H2,1H3,(H,16,17). The zero-order chi connectivity index (χ0) is 11.9. The lowest BCUT2D eigenvalue weighted by Crippen LogP contribution is -2.02. The molecule has 0 radical (unpaired) electrons. The summed E-state index contributed by atoms with van der Waals surface area (Å²) in [5, 5.41) is 4.72.